The summed E-state index contributed by atoms with van der Waals surface area (Å²) in [7, 11) is 1.54. The van der Waals surface area contributed by atoms with Crippen molar-refractivity contribution in [2.75, 3.05) is 19.0 Å². The van der Waals surface area contributed by atoms with E-state index in [1.165, 1.54) is 0 Å². The molecule has 0 saturated carbocycles. The molecule has 0 radical (unpaired) electrons. The van der Waals surface area contributed by atoms with Crippen molar-refractivity contribution < 1.29 is 14.6 Å². The average molecular weight is 287 g/mol. The Morgan fingerprint density at radius 3 is 2.67 bits per heavy atom. The zero-order chi connectivity index (χ0) is 15.2. The fraction of sp³-hybridized carbons (Fsp3) is 0.294. The Morgan fingerprint density at radius 2 is 1.95 bits per heavy atom. The van der Waals surface area contributed by atoms with Gasteiger partial charge in [0, 0.05) is 12.1 Å². The highest BCUT2D eigenvalue weighted by Gasteiger charge is 2.08. The highest BCUT2D eigenvalue weighted by molar-refractivity contribution is 5.58. The van der Waals surface area contributed by atoms with Crippen LogP contribution in [0.25, 0.3) is 0 Å². The summed E-state index contributed by atoms with van der Waals surface area (Å²) in [6.45, 7) is 5.09. The van der Waals surface area contributed by atoms with Gasteiger partial charge in [-0.3, -0.25) is 0 Å². The molecule has 0 aromatic heterocycles. The molecular formula is C17H21NO3. The number of aromatic hydroxyl groups is 1. The molecule has 4 nitrogen and oxygen atoms in total. The van der Waals surface area contributed by atoms with Gasteiger partial charge in [-0.05, 0) is 37.6 Å². The van der Waals surface area contributed by atoms with Gasteiger partial charge in [-0.2, -0.15) is 0 Å². The molecule has 21 heavy (non-hydrogen) atoms. The number of hydrogen-bond acceptors (Lipinski definition) is 4. The lowest BCUT2D eigenvalue weighted by Crippen LogP contribution is -2.03. The minimum Gasteiger partial charge on any atom is -0.504 e. The molecule has 0 spiro atoms. The summed E-state index contributed by atoms with van der Waals surface area (Å²) >= 11 is 0. The first kappa shape index (κ1) is 15.0. The molecule has 0 aliphatic rings. The van der Waals surface area contributed by atoms with Crippen molar-refractivity contribution in [1.82, 2.24) is 0 Å². The highest BCUT2D eigenvalue weighted by atomic mass is 16.5. The Balaban J connectivity index is 2.16. The van der Waals surface area contributed by atoms with E-state index in [-0.39, 0.29) is 5.75 Å². The van der Waals surface area contributed by atoms with Gasteiger partial charge >= 0.3 is 0 Å². The van der Waals surface area contributed by atoms with Gasteiger partial charge in [-0.25, -0.2) is 0 Å². The summed E-state index contributed by atoms with van der Waals surface area (Å²) in [4.78, 5) is 0. The third kappa shape index (κ3) is 3.60. The molecule has 0 amide bonds. The second-order valence-electron chi connectivity index (χ2n) is 4.75. The number of anilines is 1. The molecule has 0 atom stereocenters. The molecule has 0 unspecified atom stereocenters. The second kappa shape index (κ2) is 6.88. The van der Waals surface area contributed by atoms with Crippen LogP contribution in [0.5, 0.6) is 17.2 Å². The van der Waals surface area contributed by atoms with E-state index in [9.17, 15) is 5.11 Å². The number of hydrogen-bond donors (Lipinski definition) is 2. The smallest absolute Gasteiger partial charge is 0.162 e. The topological polar surface area (TPSA) is 50.7 Å². The molecular weight excluding hydrogens is 266 g/mol. The Morgan fingerprint density at radius 1 is 1.14 bits per heavy atom. The quantitative estimate of drug-likeness (QED) is 0.850. The number of phenolic OH excluding ortho intramolecular Hbond substituents is 1. The standard InChI is InChI=1S/C17H21NO3/c1-4-21-16-10-12(2)8-9-14(16)18-11-13-6-5-7-15(20-3)17(13)19/h5-10,18-19H,4,11H2,1-3H3. The lowest BCUT2D eigenvalue weighted by molar-refractivity contribution is 0.341. The van der Waals surface area contributed by atoms with E-state index in [4.69, 9.17) is 9.47 Å². The average Bonchev–Trinajstić information content (AvgIpc) is 2.48. The number of benzene rings is 2. The van der Waals surface area contributed by atoms with E-state index in [1.54, 1.807) is 13.2 Å². The molecule has 2 aromatic carbocycles. The molecule has 0 heterocycles. The number of nitrogens with one attached hydrogen (secondary N) is 1. The highest BCUT2D eigenvalue weighted by Crippen LogP contribution is 2.31. The molecule has 0 fully saturated rings. The number of phenols is 1. The maximum absolute atomic E-state index is 10.1. The third-order valence-corrected chi connectivity index (χ3v) is 3.21. The first-order valence-corrected chi connectivity index (χ1v) is 6.98. The number of ether oxygens (including phenoxy) is 2. The van der Waals surface area contributed by atoms with Crippen LogP contribution in [0.3, 0.4) is 0 Å². The summed E-state index contributed by atoms with van der Waals surface area (Å²) in [6, 6.07) is 11.5. The minimum atomic E-state index is 0.164. The first-order valence-electron chi connectivity index (χ1n) is 6.98. The van der Waals surface area contributed by atoms with Gasteiger partial charge in [0.15, 0.2) is 11.5 Å². The summed E-state index contributed by atoms with van der Waals surface area (Å²) in [5, 5.41) is 13.4. The van der Waals surface area contributed by atoms with Gasteiger partial charge in [-0.1, -0.05) is 18.2 Å². The molecule has 2 N–H and O–H groups in total. The predicted molar refractivity (Wildman–Crippen MR) is 84.3 cm³/mol. The monoisotopic (exact) mass is 287 g/mol. The molecule has 2 aromatic rings. The van der Waals surface area contributed by atoms with Crippen LogP contribution in [0.1, 0.15) is 18.1 Å². The van der Waals surface area contributed by atoms with Crippen molar-refractivity contribution in [2.24, 2.45) is 0 Å². The van der Waals surface area contributed by atoms with E-state index in [1.807, 2.05) is 44.2 Å². The zero-order valence-corrected chi connectivity index (χ0v) is 12.6. The van der Waals surface area contributed by atoms with E-state index in [0.717, 1.165) is 22.6 Å². The number of rotatable bonds is 6. The molecule has 0 bridgehead atoms. The normalized spacial score (nSPS) is 10.2. The number of methoxy groups -OCH3 is 1. The molecule has 4 heteroatoms. The minimum absolute atomic E-state index is 0.164. The summed E-state index contributed by atoms with van der Waals surface area (Å²) in [5.74, 6) is 1.46. The lowest BCUT2D eigenvalue weighted by Gasteiger charge is -2.14. The van der Waals surface area contributed by atoms with Gasteiger partial charge in [0.2, 0.25) is 0 Å². The zero-order valence-electron chi connectivity index (χ0n) is 12.6. The van der Waals surface area contributed by atoms with E-state index in [0.29, 0.717) is 18.9 Å². The summed E-state index contributed by atoms with van der Waals surface area (Å²) in [5.41, 5.74) is 2.83. The van der Waals surface area contributed by atoms with Crippen LogP contribution in [-0.4, -0.2) is 18.8 Å². The Kier molecular flexibility index (Phi) is 4.93. The Labute approximate surface area is 125 Å². The summed E-state index contributed by atoms with van der Waals surface area (Å²) in [6.07, 6.45) is 0. The number of para-hydroxylation sites is 1. The van der Waals surface area contributed by atoms with Crippen molar-refractivity contribution in [3.05, 3.63) is 47.5 Å². The SMILES string of the molecule is CCOc1cc(C)ccc1NCc1cccc(OC)c1O. The lowest BCUT2D eigenvalue weighted by atomic mass is 10.1. The largest absolute Gasteiger partial charge is 0.504 e. The maximum Gasteiger partial charge on any atom is 0.162 e. The molecule has 0 saturated heterocycles. The van der Waals surface area contributed by atoms with Crippen LogP contribution < -0.4 is 14.8 Å². The van der Waals surface area contributed by atoms with E-state index >= 15 is 0 Å². The van der Waals surface area contributed by atoms with Crippen LogP contribution in [0.4, 0.5) is 5.69 Å². The first-order chi connectivity index (χ1) is 10.2. The van der Waals surface area contributed by atoms with Crippen LogP contribution >= 0.6 is 0 Å². The van der Waals surface area contributed by atoms with Crippen LogP contribution in [-0.2, 0) is 6.54 Å². The maximum atomic E-state index is 10.1. The molecule has 2 rings (SSSR count). The number of aryl methyl sites for hydroxylation is 1. The van der Waals surface area contributed by atoms with Crippen molar-refractivity contribution in [2.45, 2.75) is 20.4 Å². The predicted octanol–water partition coefficient (Wildman–Crippen LogP) is 3.72. The molecule has 112 valence electrons. The van der Waals surface area contributed by atoms with Crippen LogP contribution in [0, 0.1) is 6.92 Å². The van der Waals surface area contributed by atoms with Gasteiger partial charge in [-0.15, -0.1) is 0 Å². The van der Waals surface area contributed by atoms with Gasteiger partial charge in [0.1, 0.15) is 5.75 Å². The van der Waals surface area contributed by atoms with Crippen molar-refractivity contribution in [3.8, 4) is 17.2 Å². The van der Waals surface area contributed by atoms with Crippen molar-refractivity contribution >= 4 is 5.69 Å². The fourth-order valence-electron chi connectivity index (χ4n) is 2.12. The third-order valence-electron chi connectivity index (χ3n) is 3.21. The van der Waals surface area contributed by atoms with E-state index in [2.05, 4.69) is 5.32 Å². The van der Waals surface area contributed by atoms with Crippen LogP contribution in [0.15, 0.2) is 36.4 Å². The van der Waals surface area contributed by atoms with Gasteiger partial charge < -0.3 is 19.9 Å². The van der Waals surface area contributed by atoms with Gasteiger partial charge in [0.25, 0.3) is 0 Å². The second-order valence-corrected chi connectivity index (χ2v) is 4.75. The summed E-state index contributed by atoms with van der Waals surface area (Å²) < 4.78 is 10.7. The van der Waals surface area contributed by atoms with Crippen molar-refractivity contribution in [1.29, 1.82) is 0 Å². The molecule has 0 aliphatic carbocycles. The fourth-order valence-corrected chi connectivity index (χ4v) is 2.12. The Hall–Kier alpha value is -2.36. The van der Waals surface area contributed by atoms with Gasteiger partial charge in [0.05, 0.1) is 19.4 Å². The van der Waals surface area contributed by atoms with Crippen LogP contribution in [0.2, 0.25) is 0 Å². The Bertz CT molecular complexity index is 611. The van der Waals surface area contributed by atoms with Crippen molar-refractivity contribution in [3.63, 3.8) is 0 Å². The van der Waals surface area contributed by atoms with E-state index < -0.39 is 0 Å². The molecule has 0 aliphatic heterocycles.